The normalized spacial score (nSPS) is 26.3. The van der Waals surface area contributed by atoms with Crippen molar-refractivity contribution in [1.29, 1.82) is 5.26 Å². The Morgan fingerprint density at radius 1 is 1.00 bits per heavy atom. The fraction of sp³-hybridized carbons (Fsp3) is 0.571. The molecule has 1 aromatic carbocycles. The van der Waals surface area contributed by atoms with Crippen LogP contribution in [0.4, 0.5) is 13.2 Å². The van der Waals surface area contributed by atoms with Gasteiger partial charge in [0.2, 0.25) is 0 Å². The standard InChI is InChI=1S/C19H19F3N4.C2H6/c1-26-15(13-4-2-3-5-14(13)19(20,21)22)24-25-16(26)18-9-6-17(12-23,7-10-18)8-11-18;1-2/h2-5H,6-11H2,1H3;1-2H3. The van der Waals surface area contributed by atoms with E-state index in [9.17, 15) is 18.4 Å². The minimum Gasteiger partial charge on any atom is -0.314 e. The summed E-state index contributed by atoms with van der Waals surface area (Å²) in [6, 6.07) is 7.95. The van der Waals surface area contributed by atoms with Crippen LogP contribution in [0.25, 0.3) is 11.4 Å². The maximum atomic E-state index is 13.4. The highest BCUT2D eigenvalue weighted by atomic mass is 19.4. The number of hydrogen-bond acceptors (Lipinski definition) is 3. The SMILES string of the molecule is CC.Cn1c(-c2ccccc2C(F)(F)F)nnc1C12CCC(C#N)(CC1)CC2. The Labute approximate surface area is 163 Å². The number of nitriles is 1. The predicted molar refractivity (Wildman–Crippen MR) is 100 cm³/mol. The van der Waals surface area contributed by atoms with Crippen molar-refractivity contribution in [3.8, 4) is 17.5 Å². The second-order valence-corrected chi connectivity index (χ2v) is 7.62. The fourth-order valence-electron chi connectivity index (χ4n) is 4.64. The third-order valence-corrected chi connectivity index (χ3v) is 6.31. The lowest BCUT2D eigenvalue weighted by molar-refractivity contribution is -0.137. The molecule has 0 atom stereocenters. The Morgan fingerprint density at radius 2 is 1.57 bits per heavy atom. The number of rotatable bonds is 2. The van der Waals surface area contributed by atoms with Gasteiger partial charge >= 0.3 is 6.18 Å². The van der Waals surface area contributed by atoms with Crippen LogP contribution in [0.5, 0.6) is 0 Å². The van der Waals surface area contributed by atoms with Gasteiger partial charge in [0.05, 0.1) is 17.0 Å². The summed E-state index contributed by atoms with van der Waals surface area (Å²) >= 11 is 0. The summed E-state index contributed by atoms with van der Waals surface area (Å²) in [5.74, 6) is 0.987. The molecule has 1 aromatic heterocycles. The third-order valence-electron chi connectivity index (χ3n) is 6.31. The second kappa shape index (κ2) is 7.23. The summed E-state index contributed by atoms with van der Waals surface area (Å²) in [7, 11) is 1.74. The molecule has 150 valence electrons. The summed E-state index contributed by atoms with van der Waals surface area (Å²) in [5.41, 5.74) is -1.04. The van der Waals surface area contributed by atoms with Crippen molar-refractivity contribution in [1.82, 2.24) is 14.8 Å². The summed E-state index contributed by atoms with van der Waals surface area (Å²) in [6.45, 7) is 4.00. The van der Waals surface area contributed by atoms with E-state index in [-0.39, 0.29) is 22.2 Å². The number of alkyl halides is 3. The molecule has 4 nitrogen and oxygen atoms in total. The summed E-state index contributed by atoms with van der Waals surface area (Å²) in [4.78, 5) is 0. The highest BCUT2D eigenvalue weighted by Gasteiger charge is 2.52. The van der Waals surface area contributed by atoms with Crippen LogP contribution in [0, 0.1) is 16.7 Å². The lowest BCUT2D eigenvalue weighted by Crippen LogP contribution is -2.44. The van der Waals surface area contributed by atoms with Crippen LogP contribution in [-0.2, 0) is 18.6 Å². The Morgan fingerprint density at radius 3 is 2.11 bits per heavy atom. The molecule has 28 heavy (non-hydrogen) atoms. The molecule has 0 aliphatic heterocycles. The highest BCUT2D eigenvalue weighted by Crippen LogP contribution is 2.57. The predicted octanol–water partition coefficient (Wildman–Crippen LogP) is 5.64. The van der Waals surface area contributed by atoms with Crippen molar-refractivity contribution in [3.63, 3.8) is 0 Å². The molecule has 3 saturated carbocycles. The zero-order valence-corrected chi connectivity index (χ0v) is 16.5. The molecule has 5 rings (SSSR count). The van der Waals surface area contributed by atoms with Gasteiger partial charge in [0.15, 0.2) is 5.82 Å². The molecule has 0 radical (unpaired) electrons. The minimum absolute atomic E-state index is 0.0515. The molecule has 3 aliphatic carbocycles. The maximum absolute atomic E-state index is 13.4. The maximum Gasteiger partial charge on any atom is 0.417 e. The van der Waals surface area contributed by atoms with E-state index in [2.05, 4.69) is 16.3 Å². The molecule has 2 aromatic rings. The molecule has 7 heteroatoms. The Bertz CT molecular complexity index is 867. The van der Waals surface area contributed by atoms with Crippen molar-refractivity contribution < 1.29 is 13.2 Å². The fourth-order valence-corrected chi connectivity index (χ4v) is 4.64. The summed E-state index contributed by atoms with van der Waals surface area (Å²) in [6.07, 6.45) is 0.553. The zero-order chi connectivity index (χ0) is 20.6. The van der Waals surface area contributed by atoms with Crippen LogP contribution >= 0.6 is 0 Å². The number of nitrogens with zero attached hydrogens (tertiary/aromatic N) is 4. The van der Waals surface area contributed by atoms with Gasteiger partial charge in [-0.2, -0.15) is 18.4 Å². The second-order valence-electron chi connectivity index (χ2n) is 7.62. The van der Waals surface area contributed by atoms with Gasteiger partial charge in [-0.15, -0.1) is 10.2 Å². The molecule has 0 spiro atoms. The lowest BCUT2D eigenvalue weighted by atomic mass is 9.54. The van der Waals surface area contributed by atoms with E-state index in [0.29, 0.717) is 0 Å². The largest absolute Gasteiger partial charge is 0.417 e. The van der Waals surface area contributed by atoms with Crippen LogP contribution in [0.3, 0.4) is 0 Å². The van der Waals surface area contributed by atoms with Crippen LogP contribution in [0.1, 0.15) is 63.8 Å². The molecule has 0 saturated heterocycles. The number of fused-ring (bicyclic) bond motifs is 3. The van der Waals surface area contributed by atoms with Gasteiger partial charge in [0.1, 0.15) is 5.82 Å². The average molecular weight is 390 g/mol. The summed E-state index contributed by atoms with van der Waals surface area (Å²) < 4.78 is 41.8. The topological polar surface area (TPSA) is 54.5 Å². The first-order chi connectivity index (χ1) is 13.3. The third kappa shape index (κ3) is 3.19. The number of aromatic nitrogens is 3. The van der Waals surface area contributed by atoms with Crippen LogP contribution < -0.4 is 0 Å². The number of benzene rings is 1. The average Bonchev–Trinajstić information content (AvgIpc) is 3.12. The zero-order valence-electron chi connectivity index (χ0n) is 16.5. The quantitative estimate of drug-likeness (QED) is 0.666. The number of halogens is 3. The first-order valence-corrected chi connectivity index (χ1v) is 9.78. The Kier molecular flexibility index (Phi) is 5.26. The molecule has 0 N–H and O–H groups in total. The van der Waals surface area contributed by atoms with Crippen molar-refractivity contribution >= 4 is 0 Å². The van der Waals surface area contributed by atoms with Gasteiger partial charge in [-0.25, -0.2) is 0 Å². The molecule has 2 bridgehead atoms. The monoisotopic (exact) mass is 390 g/mol. The van der Waals surface area contributed by atoms with Crippen molar-refractivity contribution in [3.05, 3.63) is 35.7 Å². The van der Waals surface area contributed by atoms with Gasteiger partial charge in [0, 0.05) is 18.0 Å². The minimum atomic E-state index is -4.44. The smallest absolute Gasteiger partial charge is 0.314 e. The van der Waals surface area contributed by atoms with E-state index in [1.165, 1.54) is 12.1 Å². The molecule has 0 amide bonds. The van der Waals surface area contributed by atoms with Crippen LogP contribution in [-0.4, -0.2) is 14.8 Å². The van der Waals surface area contributed by atoms with Gasteiger partial charge < -0.3 is 4.57 Å². The molecular weight excluding hydrogens is 365 g/mol. The van der Waals surface area contributed by atoms with E-state index in [1.54, 1.807) is 17.7 Å². The van der Waals surface area contributed by atoms with E-state index in [1.807, 2.05) is 13.8 Å². The molecule has 3 aliphatic rings. The number of hydrogen-bond donors (Lipinski definition) is 0. The summed E-state index contributed by atoms with van der Waals surface area (Å²) in [5, 5.41) is 17.9. The van der Waals surface area contributed by atoms with Crippen molar-refractivity contribution in [2.24, 2.45) is 12.5 Å². The van der Waals surface area contributed by atoms with Gasteiger partial charge in [-0.3, -0.25) is 0 Å². The van der Waals surface area contributed by atoms with Crippen LogP contribution in [0.15, 0.2) is 24.3 Å². The van der Waals surface area contributed by atoms with E-state index in [0.717, 1.165) is 50.4 Å². The van der Waals surface area contributed by atoms with E-state index < -0.39 is 11.7 Å². The van der Waals surface area contributed by atoms with Gasteiger partial charge in [0.25, 0.3) is 0 Å². The highest BCUT2D eigenvalue weighted by molar-refractivity contribution is 5.61. The van der Waals surface area contributed by atoms with Gasteiger partial charge in [-0.05, 0) is 44.6 Å². The van der Waals surface area contributed by atoms with E-state index in [4.69, 9.17) is 0 Å². The van der Waals surface area contributed by atoms with Crippen molar-refractivity contribution in [2.75, 3.05) is 0 Å². The molecule has 1 heterocycles. The van der Waals surface area contributed by atoms with Gasteiger partial charge in [-0.1, -0.05) is 32.0 Å². The first-order valence-electron chi connectivity index (χ1n) is 9.78. The van der Waals surface area contributed by atoms with Crippen LogP contribution in [0.2, 0.25) is 0 Å². The molecular formula is C21H25F3N4. The van der Waals surface area contributed by atoms with Crippen molar-refractivity contribution in [2.45, 2.75) is 64.0 Å². The Balaban J connectivity index is 0.00000109. The lowest BCUT2D eigenvalue weighted by Gasteiger charge is -2.49. The first kappa shape index (κ1) is 20.4. The molecule has 3 fully saturated rings. The Hall–Kier alpha value is -2.36. The van der Waals surface area contributed by atoms with E-state index >= 15 is 0 Å². The molecule has 0 unspecified atom stereocenters.